The lowest BCUT2D eigenvalue weighted by Gasteiger charge is -2.37. The largest absolute Gasteiger partial charge is 0.493 e. The van der Waals surface area contributed by atoms with Crippen molar-refractivity contribution in [3.63, 3.8) is 0 Å². The molecule has 5 rings (SSSR count). The van der Waals surface area contributed by atoms with Gasteiger partial charge in [0, 0.05) is 12.1 Å². The van der Waals surface area contributed by atoms with Crippen LogP contribution in [0.2, 0.25) is 0 Å². The molecule has 0 fully saturated rings. The number of halogens is 1. The van der Waals surface area contributed by atoms with E-state index in [9.17, 15) is 9.18 Å². The van der Waals surface area contributed by atoms with Gasteiger partial charge >= 0.3 is 0 Å². The molecule has 0 aliphatic carbocycles. The summed E-state index contributed by atoms with van der Waals surface area (Å²) in [5.41, 5.74) is 4.78. The molecule has 1 heterocycles. The summed E-state index contributed by atoms with van der Waals surface area (Å²) in [6, 6.07) is 27.1. The molecule has 0 radical (unpaired) electrons. The molecule has 0 spiro atoms. The van der Waals surface area contributed by atoms with Gasteiger partial charge in [0.25, 0.3) is 5.91 Å². The summed E-state index contributed by atoms with van der Waals surface area (Å²) < 4.78 is 30.5. The maximum Gasteiger partial charge on any atom is 0.254 e. The zero-order valence-electron chi connectivity index (χ0n) is 20.8. The van der Waals surface area contributed by atoms with E-state index in [-0.39, 0.29) is 24.4 Å². The second-order valence-corrected chi connectivity index (χ2v) is 8.88. The number of rotatable bonds is 7. The molecule has 0 aromatic heterocycles. The van der Waals surface area contributed by atoms with Crippen LogP contribution >= 0.6 is 0 Å². The Morgan fingerprint density at radius 1 is 0.865 bits per heavy atom. The van der Waals surface area contributed by atoms with Crippen molar-refractivity contribution >= 4 is 5.91 Å². The normalized spacial score (nSPS) is 14.6. The van der Waals surface area contributed by atoms with Gasteiger partial charge in [-0.05, 0) is 77.2 Å². The molecule has 0 saturated heterocycles. The number of benzene rings is 4. The van der Waals surface area contributed by atoms with Crippen LogP contribution in [-0.2, 0) is 6.42 Å². The number of amides is 1. The molecule has 1 amide bonds. The Balaban J connectivity index is 1.46. The van der Waals surface area contributed by atoms with E-state index in [2.05, 4.69) is 0 Å². The minimum Gasteiger partial charge on any atom is -0.493 e. The molecule has 4 aromatic carbocycles. The van der Waals surface area contributed by atoms with E-state index in [0.29, 0.717) is 35.8 Å². The number of fused-ring (bicyclic) bond motifs is 1. The summed E-state index contributed by atoms with van der Waals surface area (Å²) in [4.78, 5) is 15.6. The van der Waals surface area contributed by atoms with Gasteiger partial charge in [-0.2, -0.15) is 0 Å². The van der Waals surface area contributed by atoms with Crippen LogP contribution in [0.25, 0.3) is 11.1 Å². The average molecular weight is 498 g/mol. The van der Waals surface area contributed by atoms with Gasteiger partial charge in [0.2, 0.25) is 0 Å². The van der Waals surface area contributed by atoms with E-state index >= 15 is 0 Å². The fourth-order valence-corrected chi connectivity index (χ4v) is 4.76. The van der Waals surface area contributed by atoms with E-state index in [1.165, 1.54) is 12.1 Å². The van der Waals surface area contributed by atoms with Crippen LogP contribution in [0.5, 0.6) is 17.2 Å². The Morgan fingerprint density at radius 3 is 2.19 bits per heavy atom. The number of ether oxygens (including phenoxy) is 3. The van der Waals surface area contributed by atoms with Crippen molar-refractivity contribution in [1.82, 2.24) is 4.90 Å². The van der Waals surface area contributed by atoms with Crippen LogP contribution in [0.3, 0.4) is 0 Å². The molecule has 6 heteroatoms. The monoisotopic (exact) mass is 497 g/mol. The first-order valence-corrected chi connectivity index (χ1v) is 12.2. The molecule has 0 N–H and O–H groups in total. The topological polar surface area (TPSA) is 48.0 Å². The zero-order valence-corrected chi connectivity index (χ0v) is 20.8. The van der Waals surface area contributed by atoms with Gasteiger partial charge in [-0.1, -0.05) is 42.5 Å². The molecular formula is C31H28FNO4. The average Bonchev–Trinajstić information content (AvgIpc) is 2.96. The Hall–Kier alpha value is -4.32. The molecule has 4 aromatic rings. The molecule has 0 bridgehead atoms. The van der Waals surface area contributed by atoms with Crippen LogP contribution in [0.1, 0.15) is 27.5 Å². The van der Waals surface area contributed by atoms with Crippen molar-refractivity contribution in [2.24, 2.45) is 0 Å². The van der Waals surface area contributed by atoms with Gasteiger partial charge in [-0.3, -0.25) is 4.79 Å². The molecule has 37 heavy (non-hydrogen) atoms. The first-order chi connectivity index (χ1) is 18.1. The van der Waals surface area contributed by atoms with Crippen LogP contribution in [-0.4, -0.2) is 38.2 Å². The van der Waals surface area contributed by atoms with Crippen molar-refractivity contribution in [2.45, 2.75) is 12.5 Å². The Kier molecular flexibility index (Phi) is 7.08. The maximum atomic E-state index is 13.8. The van der Waals surface area contributed by atoms with Crippen molar-refractivity contribution < 1.29 is 23.4 Å². The van der Waals surface area contributed by atoms with Gasteiger partial charge < -0.3 is 19.1 Å². The smallest absolute Gasteiger partial charge is 0.254 e. The predicted octanol–water partition coefficient (Wildman–Crippen LogP) is 6.33. The van der Waals surface area contributed by atoms with E-state index in [1.807, 2.05) is 71.6 Å². The van der Waals surface area contributed by atoms with E-state index in [0.717, 1.165) is 22.3 Å². The zero-order chi connectivity index (χ0) is 25.8. The summed E-state index contributed by atoms with van der Waals surface area (Å²) in [7, 11) is 3.20. The summed E-state index contributed by atoms with van der Waals surface area (Å²) in [6.07, 6.45) is 0.677. The van der Waals surface area contributed by atoms with E-state index in [4.69, 9.17) is 14.2 Å². The van der Waals surface area contributed by atoms with Crippen LogP contribution in [0.4, 0.5) is 4.39 Å². The summed E-state index contributed by atoms with van der Waals surface area (Å²) in [5, 5.41) is 0. The fourth-order valence-electron chi connectivity index (χ4n) is 4.76. The third-order valence-electron chi connectivity index (χ3n) is 6.72. The second-order valence-electron chi connectivity index (χ2n) is 8.88. The van der Waals surface area contributed by atoms with Crippen molar-refractivity contribution in [3.8, 4) is 28.4 Å². The van der Waals surface area contributed by atoms with Crippen molar-refractivity contribution in [2.75, 3.05) is 27.4 Å². The highest BCUT2D eigenvalue weighted by molar-refractivity contribution is 5.95. The van der Waals surface area contributed by atoms with E-state index in [1.54, 1.807) is 26.4 Å². The Bertz CT molecular complexity index is 1370. The number of carbonyl (C=O) groups is 1. The molecule has 1 aliphatic rings. The van der Waals surface area contributed by atoms with E-state index < -0.39 is 0 Å². The lowest BCUT2D eigenvalue weighted by Crippen LogP contribution is -2.42. The standard InChI is InChI=1S/C31H28FNO4/c1-35-29-18-24-16-17-33(31(34)23-10-8-22(9-11-23)21-6-4-3-5-7-21)28(27(24)19-30(29)36-2)20-37-26-14-12-25(32)13-15-26/h3-15,18-19,28H,16-17,20H2,1-2H3. The first kappa shape index (κ1) is 24.4. The summed E-state index contributed by atoms with van der Waals surface area (Å²) in [5.74, 6) is 1.37. The quantitative estimate of drug-likeness (QED) is 0.299. The Morgan fingerprint density at radius 2 is 1.51 bits per heavy atom. The highest BCUT2D eigenvalue weighted by atomic mass is 19.1. The van der Waals surface area contributed by atoms with Gasteiger partial charge in [0.1, 0.15) is 18.2 Å². The van der Waals surface area contributed by atoms with Crippen molar-refractivity contribution in [3.05, 3.63) is 114 Å². The minimum atomic E-state index is -0.366. The first-order valence-electron chi connectivity index (χ1n) is 12.2. The minimum absolute atomic E-state index is 0.0762. The number of methoxy groups -OCH3 is 2. The lowest BCUT2D eigenvalue weighted by molar-refractivity contribution is 0.0589. The Labute approximate surface area is 216 Å². The molecule has 1 atom stereocenters. The van der Waals surface area contributed by atoms with Gasteiger partial charge in [-0.15, -0.1) is 0 Å². The van der Waals surface area contributed by atoms with Gasteiger partial charge in [0.15, 0.2) is 11.5 Å². The third-order valence-corrected chi connectivity index (χ3v) is 6.72. The lowest BCUT2D eigenvalue weighted by atomic mass is 9.91. The van der Waals surface area contributed by atoms with Crippen molar-refractivity contribution in [1.29, 1.82) is 0 Å². The van der Waals surface area contributed by atoms with Crippen LogP contribution in [0, 0.1) is 5.82 Å². The number of hydrogen-bond acceptors (Lipinski definition) is 4. The number of carbonyl (C=O) groups excluding carboxylic acids is 1. The summed E-state index contributed by atoms with van der Waals surface area (Å²) in [6.45, 7) is 0.737. The molecule has 0 saturated carbocycles. The summed E-state index contributed by atoms with van der Waals surface area (Å²) >= 11 is 0. The predicted molar refractivity (Wildman–Crippen MR) is 141 cm³/mol. The SMILES string of the molecule is COc1cc2c(cc1OC)C(COc1ccc(F)cc1)N(C(=O)c1ccc(-c3ccccc3)cc1)CC2. The third kappa shape index (κ3) is 5.14. The molecule has 188 valence electrons. The highest BCUT2D eigenvalue weighted by Crippen LogP contribution is 2.39. The fraction of sp³-hybridized carbons (Fsp3) is 0.194. The van der Waals surface area contributed by atoms with Gasteiger partial charge in [-0.25, -0.2) is 4.39 Å². The second kappa shape index (κ2) is 10.7. The molecule has 1 aliphatic heterocycles. The van der Waals surface area contributed by atoms with Gasteiger partial charge in [0.05, 0.1) is 20.3 Å². The maximum absolute atomic E-state index is 13.8. The molecule has 1 unspecified atom stereocenters. The number of nitrogens with zero attached hydrogens (tertiary/aromatic N) is 1. The molecular weight excluding hydrogens is 469 g/mol. The molecule has 5 nitrogen and oxygen atoms in total. The van der Waals surface area contributed by atoms with Crippen LogP contribution < -0.4 is 14.2 Å². The van der Waals surface area contributed by atoms with Crippen LogP contribution in [0.15, 0.2) is 91.0 Å². The number of hydrogen-bond donors (Lipinski definition) is 0. The highest BCUT2D eigenvalue weighted by Gasteiger charge is 2.33.